The summed E-state index contributed by atoms with van der Waals surface area (Å²) in [4.78, 5) is 51.8. The van der Waals surface area contributed by atoms with E-state index >= 15 is 0 Å². The van der Waals surface area contributed by atoms with Gasteiger partial charge in [-0.15, -0.1) is 0 Å². The molecule has 0 aromatic heterocycles. The van der Waals surface area contributed by atoms with Crippen molar-refractivity contribution in [3.05, 3.63) is 0 Å². The van der Waals surface area contributed by atoms with Crippen molar-refractivity contribution in [2.45, 2.75) is 74.8 Å². The first-order chi connectivity index (χ1) is 20.1. The fraction of sp³-hybridized carbons (Fsp3) is 0.750. The molecule has 0 rings (SSSR count). The number of carbonyl (C=O) groups is 3. The van der Waals surface area contributed by atoms with Gasteiger partial charge in [0.1, 0.15) is 0 Å². The van der Waals surface area contributed by atoms with Crippen molar-refractivity contribution in [1.29, 1.82) is 0 Å². The van der Waals surface area contributed by atoms with Gasteiger partial charge in [0.2, 0.25) is 0 Å². The van der Waals surface area contributed by atoms with E-state index in [1.807, 2.05) is 0 Å². The Morgan fingerprint density at radius 3 is 0.884 bits per heavy atom. The van der Waals surface area contributed by atoms with Crippen LogP contribution in [0.2, 0.25) is 0 Å². The number of aliphatic imine (C=N–C) groups is 3. The van der Waals surface area contributed by atoms with Gasteiger partial charge in [0, 0.05) is 39.3 Å². The Morgan fingerprint density at radius 1 is 0.442 bits per heavy atom. The fourth-order valence-corrected chi connectivity index (χ4v) is 4.14. The van der Waals surface area contributed by atoms with E-state index in [0.29, 0.717) is 58.2 Å². The van der Waals surface area contributed by atoms with E-state index in [4.69, 9.17) is 68.8 Å². The van der Waals surface area contributed by atoms with E-state index in [1.165, 1.54) is 0 Å². The Morgan fingerprint density at radius 2 is 0.674 bits per heavy atom. The summed E-state index contributed by atoms with van der Waals surface area (Å²) in [5.41, 5.74) is 68.6. The predicted molar refractivity (Wildman–Crippen MR) is 169 cm³/mol. The second kappa shape index (κ2) is 21.3. The van der Waals surface area contributed by atoms with E-state index < -0.39 is 53.6 Å². The number of ketones is 3. The molecule has 19 nitrogen and oxygen atoms in total. The van der Waals surface area contributed by atoms with Crippen LogP contribution in [-0.2, 0) is 14.4 Å². The van der Waals surface area contributed by atoms with Gasteiger partial charge in [0.05, 0.1) is 36.3 Å². The highest BCUT2D eigenvalue weighted by Crippen LogP contribution is 2.07. The maximum Gasteiger partial charge on any atom is 0.185 e. The standard InChI is InChI=1S/C24H54N16O3/c25-13(4-1-7-37-22(31)32)19(41)16(28)10-40(11-17(29)20(42)14(26)5-2-8-38-23(33)34)12-18(30)21(43)15(27)6-3-9-39-24(35)36/h13-18H,1-12,25-30H2,(H4,31,32,37)(H4,33,34,38)(H4,35,36,39)/t13-,14-,15-,16?,17?,18?/m0/s1. The van der Waals surface area contributed by atoms with E-state index in [2.05, 4.69) is 15.0 Å². The Balaban J connectivity index is 5.46. The molecule has 0 radical (unpaired) electrons. The maximum absolute atomic E-state index is 12.9. The lowest BCUT2D eigenvalue weighted by Gasteiger charge is -2.31. The third-order valence-electron chi connectivity index (χ3n) is 6.46. The summed E-state index contributed by atoms with van der Waals surface area (Å²) in [6, 6.07) is -5.84. The zero-order valence-corrected chi connectivity index (χ0v) is 24.9. The topological polar surface area (TPSA) is 404 Å². The number of Topliss-reactive ketones (excluding diaryl/α,β-unsaturated/α-hetero) is 3. The smallest absolute Gasteiger partial charge is 0.185 e. The minimum atomic E-state index is -1.07. The van der Waals surface area contributed by atoms with E-state index in [0.717, 1.165) is 0 Å². The average Bonchev–Trinajstić information content (AvgIpc) is 2.93. The lowest BCUT2D eigenvalue weighted by atomic mass is 9.98. The van der Waals surface area contributed by atoms with Gasteiger partial charge in [-0.1, -0.05) is 0 Å². The molecule has 0 aliphatic heterocycles. The first-order valence-electron chi connectivity index (χ1n) is 14.1. The molecule has 0 aromatic carbocycles. The molecule has 0 saturated carbocycles. The van der Waals surface area contributed by atoms with Gasteiger partial charge in [-0.2, -0.15) is 0 Å². The number of guanidine groups is 3. The van der Waals surface area contributed by atoms with Gasteiger partial charge in [-0.05, 0) is 38.5 Å². The minimum Gasteiger partial charge on any atom is -0.370 e. The van der Waals surface area contributed by atoms with Crippen LogP contribution in [0, 0.1) is 0 Å². The molecule has 6 atom stereocenters. The molecule has 0 heterocycles. The highest BCUT2D eigenvalue weighted by atomic mass is 16.1. The summed E-state index contributed by atoms with van der Waals surface area (Å²) >= 11 is 0. The number of carbonyl (C=O) groups excluding carboxylic acids is 3. The van der Waals surface area contributed by atoms with E-state index in [9.17, 15) is 14.4 Å². The fourth-order valence-electron chi connectivity index (χ4n) is 4.14. The normalized spacial score (nSPS) is 15.4. The predicted octanol–water partition coefficient (Wildman–Crippen LogP) is -6.88. The van der Waals surface area contributed by atoms with Crippen molar-refractivity contribution in [3.8, 4) is 0 Å². The summed E-state index contributed by atoms with van der Waals surface area (Å²) < 4.78 is 0. The number of hydrogen-bond acceptors (Lipinski definition) is 13. The van der Waals surface area contributed by atoms with Crippen molar-refractivity contribution in [2.75, 3.05) is 39.3 Å². The van der Waals surface area contributed by atoms with Crippen LogP contribution in [0.25, 0.3) is 0 Å². The van der Waals surface area contributed by atoms with Gasteiger partial charge in [-0.3, -0.25) is 34.3 Å². The number of rotatable bonds is 24. The minimum absolute atomic E-state index is 0.0639. The molecule has 0 spiro atoms. The summed E-state index contributed by atoms with van der Waals surface area (Å²) in [6.45, 7) is 0.663. The molecule has 0 bridgehead atoms. The van der Waals surface area contributed by atoms with Crippen molar-refractivity contribution < 1.29 is 14.4 Å². The van der Waals surface area contributed by atoms with Crippen molar-refractivity contribution in [3.63, 3.8) is 0 Å². The van der Waals surface area contributed by atoms with Crippen LogP contribution in [0.1, 0.15) is 38.5 Å². The third-order valence-corrected chi connectivity index (χ3v) is 6.46. The monoisotopic (exact) mass is 614 g/mol. The van der Waals surface area contributed by atoms with Gasteiger partial charge < -0.3 is 68.8 Å². The molecule has 0 aromatic rings. The molecule has 19 heteroatoms. The molecule has 0 saturated heterocycles. The molecule has 0 aliphatic carbocycles. The number of hydrogen-bond donors (Lipinski definition) is 12. The van der Waals surface area contributed by atoms with E-state index in [1.54, 1.807) is 4.90 Å². The summed E-state index contributed by atoms with van der Waals surface area (Å²) in [5, 5.41) is 0. The Hall–Kier alpha value is -3.46. The van der Waals surface area contributed by atoms with Crippen molar-refractivity contribution >= 4 is 35.2 Å². The lowest BCUT2D eigenvalue weighted by molar-refractivity contribution is -0.122. The molecular formula is C24H54N16O3. The zero-order valence-electron chi connectivity index (χ0n) is 24.9. The number of nitrogens with zero attached hydrogens (tertiary/aromatic N) is 4. The zero-order chi connectivity index (χ0) is 33.1. The van der Waals surface area contributed by atoms with Gasteiger partial charge >= 0.3 is 0 Å². The summed E-state index contributed by atoms with van der Waals surface area (Å²) in [6.07, 6.45) is 2.26. The highest BCUT2D eigenvalue weighted by Gasteiger charge is 2.30. The van der Waals surface area contributed by atoms with Crippen LogP contribution in [0.5, 0.6) is 0 Å². The quantitative estimate of drug-likeness (QED) is 0.0273. The van der Waals surface area contributed by atoms with Crippen LogP contribution in [0.15, 0.2) is 15.0 Å². The first-order valence-corrected chi connectivity index (χ1v) is 14.1. The molecule has 43 heavy (non-hydrogen) atoms. The molecule has 3 unspecified atom stereocenters. The Kier molecular flexibility index (Phi) is 19.6. The summed E-state index contributed by atoms with van der Waals surface area (Å²) in [7, 11) is 0. The van der Waals surface area contributed by atoms with Crippen LogP contribution in [0.3, 0.4) is 0 Å². The number of nitrogens with two attached hydrogens (primary N) is 12. The first kappa shape index (κ1) is 39.5. The molecule has 0 amide bonds. The maximum atomic E-state index is 12.9. The lowest BCUT2D eigenvalue weighted by Crippen LogP contribution is -2.57. The van der Waals surface area contributed by atoms with Crippen LogP contribution in [0.4, 0.5) is 0 Å². The largest absolute Gasteiger partial charge is 0.370 e. The van der Waals surface area contributed by atoms with Crippen molar-refractivity contribution in [2.24, 2.45) is 83.8 Å². The average molecular weight is 615 g/mol. The molecular weight excluding hydrogens is 560 g/mol. The van der Waals surface area contributed by atoms with Gasteiger partial charge in [-0.25, -0.2) is 0 Å². The van der Waals surface area contributed by atoms with Crippen LogP contribution >= 0.6 is 0 Å². The molecule has 0 fully saturated rings. The second-order valence-electron chi connectivity index (χ2n) is 10.4. The molecule has 24 N–H and O–H groups in total. The summed E-state index contributed by atoms with van der Waals surface area (Å²) in [5.74, 6) is -1.48. The second-order valence-corrected chi connectivity index (χ2v) is 10.4. The third kappa shape index (κ3) is 18.0. The molecule has 248 valence electrons. The van der Waals surface area contributed by atoms with Crippen LogP contribution in [-0.4, -0.2) is 116 Å². The molecule has 0 aliphatic rings. The van der Waals surface area contributed by atoms with E-state index in [-0.39, 0.29) is 37.5 Å². The Labute approximate surface area is 252 Å². The van der Waals surface area contributed by atoms with Gasteiger partial charge in [0.25, 0.3) is 0 Å². The highest BCUT2D eigenvalue weighted by molar-refractivity contribution is 5.90. The van der Waals surface area contributed by atoms with Crippen molar-refractivity contribution in [1.82, 2.24) is 4.90 Å². The SMILES string of the molecule is NC(N)=NCCC[C@H](N)C(=O)C(N)CN(CC(N)C(=O)[C@@H](N)CCCN=C(N)N)CC(N)C(=O)[C@@H](N)CCCN=C(N)N. The van der Waals surface area contributed by atoms with Crippen LogP contribution < -0.4 is 68.8 Å². The van der Waals surface area contributed by atoms with Gasteiger partial charge in [0.15, 0.2) is 35.2 Å². The Bertz CT molecular complexity index is 828.